The van der Waals surface area contributed by atoms with E-state index in [9.17, 15) is 4.79 Å². The van der Waals surface area contributed by atoms with Gasteiger partial charge in [-0.2, -0.15) is 9.97 Å². The number of carboxylic acids is 1. The Hall–Kier alpha value is -3.64. The van der Waals surface area contributed by atoms with Crippen LogP contribution in [0.2, 0.25) is 5.02 Å². The highest BCUT2D eigenvalue weighted by Crippen LogP contribution is 2.27. The van der Waals surface area contributed by atoms with Crippen molar-refractivity contribution >= 4 is 34.3 Å². The Morgan fingerprint density at radius 2 is 1.73 bits per heavy atom. The van der Waals surface area contributed by atoms with E-state index in [1.807, 2.05) is 36.4 Å². The minimum absolute atomic E-state index is 0.245. The van der Waals surface area contributed by atoms with Crippen molar-refractivity contribution in [3.05, 3.63) is 94.5 Å². The molecule has 4 rings (SSSR count). The number of nitrogens with one attached hydrogen (secondary N) is 1. The van der Waals surface area contributed by atoms with Gasteiger partial charge >= 0.3 is 12.0 Å². The van der Waals surface area contributed by atoms with Crippen LogP contribution in [0.3, 0.4) is 0 Å². The number of carboxylic acid groups (broad SMARTS) is 1. The molecule has 6 nitrogen and oxygen atoms in total. The van der Waals surface area contributed by atoms with Gasteiger partial charge in [-0.25, -0.2) is 4.79 Å². The van der Waals surface area contributed by atoms with Crippen LogP contribution in [-0.4, -0.2) is 21.0 Å². The fourth-order valence-electron chi connectivity index (χ4n) is 2.95. The van der Waals surface area contributed by atoms with Crippen molar-refractivity contribution in [2.75, 3.05) is 5.32 Å². The number of rotatable bonds is 7. The van der Waals surface area contributed by atoms with Crippen LogP contribution in [0, 0.1) is 0 Å². The number of hydrogen-bond donors (Lipinski definition) is 2. The summed E-state index contributed by atoms with van der Waals surface area (Å²) in [5.74, 6) is -0.362. The number of ether oxygens (including phenoxy) is 1. The van der Waals surface area contributed by atoms with Gasteiger partial charge in [0.25, 0.3) is 0 Å². The second-order valence-corrected chi connectivity index (χ2v) is 7.08. The summed E-state index contributed by atoms with van der Waals surface area (Å²) < 4.78 is 5.80. The molecule has 150 valence electrons. The molecule has 0 aliphatic carbocycles. The number of aromatic nitrogens is 2. The molecular formula is C23H18ClN3O3. The minimum atomic E-state index is -0.953. The Morgan fingerprint density at radius 1 is 0.967 bits per heavy atom. The van der Waals surface area contributed by atoms with Crippen molar-refractivity contribution in [1.29, 1.82) is 0 Å². The molecule has 0 fully saturated rings. The van der Waals surface area contributed by atoms with Gasteiger partial charge < -0.3 is 15.2 Å². The predicted octanol–water partition coefficient (Wildman–Crippen LogP) is 5.17. The van der Waals surface area contributed by atoms with Gasteiger partial charge in [-0.05, 0) is 41.5 Å². The number of nitrogens with zero attached hydrogens (tertiary/aromatic N) is 2. The van der Waals surface area contributed by atoms with Crippen molar-refractivity contribution in [3.63, 3.8) is 0 Å². The van der Waals surface area contributed by atoms with E-state index in [0.717, 1.165) is 16.5 Å². The van der Waals surface area contributed by atoms with Crippen LogP contribution in [0.15, 0.2) is 72.8 Å². The smallest absolute Gasteiger partial charge is 0.335 e. The Labute approximate surface area is 178 Å². The lowest BCUT2D eigenvalue weighted by molar-refractivity contribution is 0.0697. The summed E-state index contributed by atoms with van der Waals surface area (Å²) in [4.78, 5) is 20.0. The normalized spacial score (nSPS) is 10.7. The summed E-state index contributed by atoms with van der Waals surface area (Å²) >= 11 is 6.17. The number of fused-ring (bicyclic) bond motifs is 1. The molecule has 3 aromatic carbocycles. The van der Waals surface area contributed by atoms with E-state index >= 15 is 0 Å². The van der Waals surface area contributed by atoms with Crippen molar-refractivity contribution in [2.45, 2.75) is 13.2 Å². The molecule has 30 heavy (non-hydrogen) atoms. The summed E-state index contributed by atoms with van der Waals surface area (Å²) in [6, 6.07) is 22.1. The SMILES string of the molecule is O=C(O)c1ccc(CNc2nc(OCc3ccccc3)nc3ccc(Cl)cc23)cc1. The standard InChI is InChI=1S/C23H18ClN3O3/c24-18-10-11-20-19(12-18)21(25-13-15-6-8-17(9-7-15)22(28)29)27-23(26-20)30-14-16-4-2-1-3-5-16/h1-12H,13-14H2,(H,28,29)(H,25,26,27). The maximum Gasteiger partial charge on any atom is 0.335 e. The average molecular weight is 420 g/mol. The van der Waals surface area contributed by atoms with Gasteiger partial charge in [0.2, 0.25) is 0 Å². The molecule has 0 unspecified atom stereocenters. The topological polar surface area (TPSA) is 84.3 Å². The molecule has 0 radical (unpaired) electrons. The van der Waals surface area contributed by atoms with Gasteiger partial charge in [-0.3, -0.25) is 0 Å². The number of aromatic carboxylic acids is 1. The summed E-state index contributed by atoms with van der Waals surface area (Å²) in [7, 11) is 0. The third-order valence-corrected chi connectivity index (χ3v) is 4.74. The zero-order chi connectivity index (χ0) is 20.9. The number of hydrogen-bond acceptors (Lipinski definition) is 5. The quantitative estimate of drug-likeness (QED) is 0.429. The van der Waals surface area contributed by atoms with Crippen LogP contribution in [0.4, 0.5) is 5.82 Å². The van der Waals surface area contributed by atoms with Crippen LogP contribution in [0.1, 0.15) is 21.5 Å². The van der Waals surface area contributed by atoms with Gasteiger partial charge in [-0.1, -0.05) is 54.1 Å². The first-order chi connectivity index (χ1) is 14.6. The van der Waals surface area contributed by atoms with Gasteiger partial charge in [-0.15, -0.1) is 0 Å². The van der Waals surface area contributed by atoms with Gasteiger partial charge in [0, 0.05) is 17.0 Å². The molecule has 0 amide bonds. The van der Waals surface area contributed by atoms with Gasteiger partial charge in [0.15, 0.2) is 0 Å². The van der Waals surface area contributed by atoms with Crippen LogP contribution < -0.4 is 10.1 Å². The van der Waals surface area contributed by atoms with Crippen LogP contribution in [0.5, 0.6) is 6.01 Å². The largest absolute Gasteiger partial charge is 0.478 e. The molecule has 0 aliphatic rings. The van der Waals surface area contributed by atoms with E-state index in [4.69, 9.17) is 21.4 Å². The van der Waals surface area contributed by atoms with Crippen LogP contribution in [0.25, 0.3) is 10.9 Å². The number of carbonyl (C=O) groups is 1. The maximum absolute atomic E-state index is 11.0. The Balaban J connectivity index is 1.58. The van der Waals surface area contributed by atoms with Crippen LogP contribution >= 0.6 is 11.6 Å². The summed E-state index contributed by atoms with van der Waals surface area (Å²) in [6.45, 7) is 0.812. The lowest BCUT2D eigenvalue weighted by atomic mass is 10.1. The predicted molar refractivity (Wildman–Crippen MR) is 116 cm³/mol. The highest BCUT2D eigenvalue weighted by Gasteiger charge is 2.10. The first-order valence-electron chi connectivity index (χ1n) is 9.28. The maximum atomic E-state index is 11.0. The Kier molecular flexibility index (Phi) is 5.77. The van der Waals surface area contributed by atoms with Crippen molar-refractivity contribution in [2.24, 2.45) is 0 Å². The monoisotopic (exact) mass is 419 g/mol. The van der Waals surface area contributed by atoms with Gasteiger partial charge in [0.05, 0.1) is 11.1 Å². The van der Waals surface area contributed by atoms with E-state index in [1.54, 1.807) is 36.4 Å². The fourth-order valence-corrected chi connectivity index (χ4v) is 3.12. The summed E-state index contributed by atoms with van der Waals surface area (Å²) in [6.07, 6.45) is 0. The molecular weight excluding hydrogens is 402 g/mol. The molecule has 1 aromatic heterocycles. The number of benzene rings is 3. The molecule has 7 heteroatoms. The summed E-state index contributed by atoms with van der Waals surface area (Å²) in [5, 5.41) is 13.7. The first kappa shape index (κ1) is 19.7. The molecule has 2 N–H and O–H groups in total. The molecule has 0 aliphatic heterocycles. The molecule has 0 spiro atoms. The van der Waals surface area contributed by atoms with Crippen molar-refractivity contribution in [1.82, 2.24) is 9.97 Å². The molecule has 0 saturated heterocycles. The van der Waals surface area contributed by atoms with E-state index in [-0.39, 0.29) is 11.6 Å². The Morgan fingerprint density at radius 3 is 2.47 bits per heavy atom. The van der Waals surface area contributed by atoms with Gasteiger partial charge in [0.1, 0.15) is 12.4 Å². The van der Waals surface area contributed by atoms with E-state index in [1.165, 1.54) is 0 Å². The van der Waals surface area contributed by atoms with Crippen LogP contribution in [-0.2, 0) is 13.2 Å². The van der Waals surface area contributed by atoms with E-state index < -0.39 is 5.97 Å². The second-order valence-electron chi connectivity index (χ2n) is 6.65. The molecule has 1 heterocycles. The Bertz CT molecular complexity index is 1180. The highest BCUT2D eigenvalue weighted by atomic mass is 35.5. The molecule has 0 saturated carbocycles. The highest BCUT2D eigenvalue weighted by molar-refractivity contribution is 6.31. The van der Waals surface area contributed by atoms with E-state index in [2.05, 4.69) is 15.3 Å². The average Bonchev–Trinajstić information content (AvgIpc) is 2.77. The lowest BCUT2D eigenvalue weighted by Gasteiger charge is -2.12. The van der Waals surface area contributed by atoms with Crippen molar-refractivity contribution < 1.29 is 14.6 Å². The zero-order valence-corrected chi connectivity index (χ0v) is 16.6. The third-order valence-electron chi connectivity index (χ3n) is 4.51. The molecule has 0 atom stereocenters. The molecule has 4 aromatic rings. The fraction of sp³-hybridized carbons (Fsp3) is 0.0870. The number of halogens is 1. The first-order valence-corrected chi connectivity index (χ1v) is 9.66. The zero-order valence-electron chi connectivity index (χ0n) is 15.9. The second kappa shape index (κ2) is 8.80. The lowest BCUT2D eigenvalue weighted by Crippen LogP contribution is -2.06. The number of anilines is 1. The molecule has 0 bridgehead atoms. The summed E-state index contributed by atoms with van der Waals surface area (Å²) in [5.41, 5.74) is 2.89. The minimum Gasteiger partial charge on any atom is -0.478 e. The van der Waals surface area contributed by atoms with E-state index in [0.29, 0.717) is 29.5 Å². The third kappa shape index (κ3) is 4.67. The van der Waals surface area contributed by atoms with Crippen molar-refractivity contribution in [3.8, 4) is 6.01 Å².